The standard InChI is InChI=1S/C16H32N2/c1-14(17)16-11-7-8-12-18(16)13-15-9-5-3-2-4-6-10-15/h14-16H,2-13,17H2,1H3. The lowest BCUT2D eigenvalue weighted by Crippen LogP contribution is -2.50. The van der Waals surface area contributed by atoms with E-state index in [1.165, 1.54) is 77.3 Å². The quantitative estimate of drug-likeness (QED) is 0.832. The lowest BCUT2D eigenvalue weighted by molar-refractivity contribution is 0.103. The number of hydrogen-bond acceptors (Lipinski definition) is 2. The van der Waals surface area contributed by atoms with Crippen LogP contribution in [0.3, 0.4) is 0 Å². The third-order valence-electron chi connectivity index (χ3n) is 4.99. The fraction of sp³-hybridized carbons (Fsp3) is 1.00. The van der Waals surface area contributed by atoms with Crippen molar-refractivity contribution in [2.24, 2.45) is 11.7 Å². The van der Waals surface area contributed by atoms with Crippen LogP contribution in [0.2, 0.25) is 0 Å². The van der Waals surface area contributed by atoms with Crippen LogP contribution in [0.4, 0.5) is 0 Å². The average Bonchev–Trinajstić information content (AvgIpc) is 2.33. The molecule has 2 fully saturated rings. The van der Waals surface area contributed by atoms with Crippen LogP contribution in [0.25, 0.3) is 0 Å². The summed E-state index contributed by atoms with van der Waals surface area (Å²) >= 11 is 0. The lowest BCUT2D eigenvalue weighted by atomic mass is 9.88. The molecule has 1 aliphatic carbocycles. The van der Waals surface area contributed by atoms with Crippen molar-refractivity contribution in [3.8, 4) is 0 Å². The summed E-state index contributed by atoms with van der Waals surface area (Å²) in [4.78, 5) is 2.72. The second kappa shape index (κ2) is 7.49. The van der Waals surface area contributed by atoms with Gasteiger partial charge in [0.05, 0.1) is 0 Å². The van der Waals surface area contributed by atoms with Gasteiger partial charge in [0.15, 0.2) is 0 Å². The molecule has 2 heteroatoms. The van der Waals surface area contributed by atoms with E-state index in [0.29, 0.717) is 12.1 Å². The van der Waals surface area contributed by atoms with Crippen LogP contribution in [-0.2, 0) is 0 Å². The second-order valence-electron chi connectivity index (χ2n) is 6.63. The molecule has 1 heterocycles. The first kappa shape index (κ1) is 14.3. The molecule has 106 valence electrons. The topological polar surface area (TPSA) is 29.3 Å². The van der Waals surface area contributed by atoms with Crippen molar-refractivity contribution in [3.63, 3.8) is 0 Å². The maximum atomic E-state index is 6.18. The molecule has 0 bridgehead atoms. The van der Waals surface area contributed by atoms with Gasteiger partial charge in [0.1, 0.15) is 0 Å². The molecule has 2 N–H and O–H groups in total. The highest BCUT2D eigenvalue weighted by molar-refractivity contribution is 4.84. The predicted molar refractivity (Wildman–Crippen MR) is 78.7 cm³/mol. The molecule has 1 saturated carbocycles. The van der Waals surface area contributed by atoms with E-state index in [0.717, 1.165) is 5.92 Å². The number of nitrogens with zero attached hydrogens (tertiary/aromatic N) is 1. The number of piperidine rings is 1. The van der Waals surface area contributed by atoms with Gasteiger partial charge in [-0.15, -0.1) is 0 Å². The van der Waals surface area contributed by atoms with Crippen molar-refractivity contribution in [1.82, 2.24) is 4.90 Å². The average molecular weight is 252 g/mol. The van der Waals surface area contributed by atoms with Gasteiger partial charge >= 0.3 is 0 Å². The Morgan fingerprint density at radius 3 is 2.22 bits per heavy atom. The van der Waals surface area contributed by atoms with E-state index in [-0.39, 0.29) is 0 Å². The van der Waals surface area contributed by atoms with Crippen LogP contribution in [0.1, 0.15) is 71.1 Å². The molecule has 0 aromatic rings. The molecule has 1 aliphatic heterocycles. The number of rotatable bonds is 3. The highest BCUT2D eigenvalue weighted by Gasteiger charge is 2.27. The first-order valence-electron chi connectivity index (χ1n) is 8.27. The molecule has 2 rings (SSSR count). The van der Waals surface area contributed by atoms with Gasteiger partial charge in [-0.1, -0.05) is 38.5 Å². The zero-order chi connectivity index (χ0) is 12.8. The Morgan fingerprint density at radius 1 is 0.944 bits per heavy atom. The fourth-order valence-electron chi connectivity index (χ4n) is 3.89. The van der Waals surface area contributed by atoms with Gasteiger partial charge in [-0.3, -0.25) is 4.90 Å². The first-order chi connectivity index (χ1) is 8.77. The van der Waals surface area contributed by atoms with Crippen molar-refractivity contribution in [2.75, 3.05) is 13.1 Å². The molecule has 2 unspecified atom stereocenters. The van der Waals surface area contributed by atoms with E-state index < -0.39 is 0 Å². The Morgan fingerprint density at radius 2 is 1.56 bits per heavy atom. The maximum absolute atomic E-state index is 6.18. The first-order valence-corrected chi connectivity index (χ1v) is 8.27. The van der Waals surface area contributed by atoms with Gasteiger partial charge in [0.25, 0.3) is 0 Å². The molecular formula is C16H32N2. The monoisotopic (exact) mass is 252 g/mol. The minimum absolute atomic E-state index is 0.346. The minimum atomic E-state index is 0.346. The van der Waals surface area contributed by atoms with Crippen LogP contribution in [0, 0.1) is 5.92 Å². The van der Waals surface area contributed by atoms with E-state index >= 15 is 0 Å². The zero-order valence-electron chi connectivity index (χ0n) is 12.2. The Balaban J connectivity index is 1.84. The van der Waals surface area contributed by atoms with Crippen molar-refractivity contribution in [3.05, 3.63) is 0 Å². The van der Waals surface area contributed by atoms with Gasteiger partial charge in [0, 0.05) is 18.6 Å². The van der Waals surface area contributed by atoms with Crippen LogP contribution in [-0.4, -0.2) is 30.1 Å². The molecule has 18 heavy (non-hydrogen) atoms. The Bertz CT molecular complexity index is 219. The van der Waals surface area contributed by atoms with Crippen molar-refractivity contribution in [2.45, 2.75) is 83.2 Å². The Kier molecular flexibility index (Phi) is 5.97. The molecular weight excluding hydrogens is 220 g/mol. The lowest BCUT2D eigenvalue weighted by Gasteiger charge is -2.40. The van der Waals surface area contributed by atoms with Gasteiger partial charge in [0.2, 0.25) is 0 Å². The van der Waals surface area contributed by atoms with Crippen LogP contribution in [0.15, 0.2) is 0 Å². The van der Waals surface area contributed by atoms with Crippen molar-refractivity contribution in [1.29, 1.82) is 0 Å². The van der Waals surface area contributed by atoms with Gasteiger partial charge < -0.3 is 5.73 Å². The number of likely N-dealkylation sites (tertiary alicyclic amines) is 1. The summed E-state index contributed by atoms with van der Waals surface area (Å²) in [7, 11) is 0. The summed E-state index contributed by atoms with van der Waals surface area (Å²) in [5.41, 5.74) is 6.18. The molecule has 2 aliphatic rings. The smallest absolute Gasteiger partial charge is 0.0244 e. The fourth-order valence-corrected chi connectivity index (χ4v) is 3.89. The third kappa shape index (κ3) is 4.24. The van der Waals surface area contributed by atoms with Crippen LogP contribution in [0.5, 0.6) is 0 Å². The van der Waals surface area contributed by atoms with Crippen LogP contribution < -0.4 is 5.73 Å². The van der Waals surface area contributed by atoms with Gasteiger partial charge in [-0.25, -0.2) is 0 Å². The van der Waals surface area contributed by atoms with Gasteiger partial charge in [-0.2, -0.15) is 0 Å². The molecule has 2 nitrogen and oxygen atoms in total. The summed E-state index contributed by atoms with van der Waals surface area (Å²) in [6.45, 7) is 4.82. The molecule has 0 amide bonds. The molecule has 1 saturated heterocycles. The van der Waals surface area contributed by atoms with Crippen molar-refractivity contribution < 1.29 is 0 Å². The zero-order valence-corrected chi connectivity index (χ0v) is 12.2. The number of hydrogen-bond donors (Lipinski definition) is 1. The highest BCUT2D eigenvalue weighted by Crippen LogP contribution is 2.26. The summed E-state index contributed by atoms with van der Waals surface area (Å²) < 4.78 is 0. The van der Waals surface area contributed by atoms with E-state index in [2.05, 4.69) is 11.8 Å². The highest BCUT2D eigenvalue weighted by atomic mass is 15.2. The van der Waals surface area contributed by atoms with Gasteiger partial charge in [-0.05, 0) is 45.1 Å². The molecule has 0 radical (unpaired) electrons. The predicted octanol–water partition coefficient (Wildman–Crippen LogP) is 3.55. The summed E-state index contributed by atoms with van der Waals surface area (Å²) in [6.07, 6.45) is 14.3. The summed E-state index contributed by atoms with van der Waals surface area (Å²) in [5, 5.41) is 0. The van der Waals surface area contributed by atoms with E-state index in [1.807, 2.05) is 0 Å². The van der Waals surface area contributed by atoms with Crippen LogP contribution >= 0.6 is 0 Å². The normalized spacial score (nSPS) is 30.7. The second-order valence-corrected chi connectivity index (χ2v) is 6.63. The maximum Gasteiger partial charge on any atom is 0.0244 e. The summed E-state index contributed by atoms with van der Waals surface area (Å²) in [5.74, 6) is 0.949. The molecule has 0 aromatic heterocycles. The summed E-state index contributed by atoms with van der Waals surface area (Å²) in [6, 6.07) is 1.00. The van der Waals surface area contributed by atoms with E-state index in [9.17, 15) is 0 Å². The Hall–Kier alpha value is -0.0800. The largest absolute Gasteiger partial charge is 0.327 e. The van der Waals surface area contributed by atoms with E-state index in [1.54, 1.807) is 0 Å². The van der Waals surface area contributed by atoms with Crippen molar-refractivity contribution >= 4 is 0 Å². The van der Waals surface area contributed by atoms with E-state index in [4.69, 9.17) is 5.73 Å². The Labute approximate surface area is 113 Å². The molecule has 2 atom stereocenters. The number of nitrogens with two attached hydrogens (primary N) is 1. The third-order valence-corrected chi connectivity index (χ3v) is 4.99. The minimum Gasteiger partial charge on any atom is -0.327 e. The molecule has 0 spiro atoms. The SMILES string of the molecule is CC(N)C1CCCCN1CC1CCCCCCC1. The molecule has 0 aromatic carbocycles.